The molecule has 110 valence electrons. The first-order valence-electron chi connectivity index (χ1n) is 7.74. The van der Waals surface area contributed by atoms with Crippen LogP contribution in [0.3, 0.4) is 0 Å². The van der Waals surface area contributed by atoms with Gasteiger partial charge in [-0.05, 0) is 36.2 Å². The Labute approximate surface area is 121 Å². The molecule has 2 aliphatic carbocycles. The third-order valence-corrected chi connectivity index (χ3v) is 6.57. The van der Waals surface area contributed by atoms with Crippen LogP contribution in [0.5, 0.6) is 0 Å². The Balaban J connectivity index is 1.93. The SMILES string of the molecule is CC1(C)[C@@H]2CC[C@@]1(C)[C@@H](O)[C@](O)(Cc1ccccc1)C2. The fourth-order valence-corrected chi connectivity index (χ4v) is 4.72. The van der Waals surface area contributed by atoms with Crippen molar-refractivity contribution in [1.82, 2.24) is 0 Å². The summed E-state index contributed by atoms with van der Waals surface area (Å²) in [6, 6.07) is 10.0. The molecule has 2 saturated carbocycles. The number of hydrogen-bond acceptors (Lipinski definition) is 2. The van der Waals surface area contributed by atoms with Gasteiger partial charge in [-0.2, -0.15) is 0 Å². The van der Waals surface area contributed by atoms with Gasteiger partial charge in [0, 0.05) is 11.8 Å². The second-order valence-corrected chi connectivity index (χ2v) is 7.75. The van der Waals surface area contributed by atoms with Gasteiger partial charge in [0.25, 0.3) is 0 Å². The Bertz CT molecular complexity index is 495. The standard InChI is InChI=1S/C18H26O2/c1-16(2)14-9-10-17(16,3)15(19)18(20,12-14)11-13-7-5-4-6-8-13/h4-8,14-15,19-20H,9-12H2,1-3H3/t14-,15-,17+,18+/m1/s1. The lowest BCUT2D eigenvalue weighted by Crippen LogP contribution is -2.61. The molecule has 0 aromatic heterocycles. The van der Waals surface area contributed by atoms with E-state index in [1.165, 1.54) is 0 Å². The van der Waals surface area contributed by atoms with Gasteiger partial charge < -0.3 is 10.2 Å². The molecular formula is C18H26O2. The first kappa shape index (κ1) is 14.1. The van der Waals surface area contributed by atoms with E-state index in [0.717, 1.165) is 18.4 Å². The van der Waals surface area contributed by atoms with Crippen molar-refractivity contribution in [1.29, 1.82) is 0 Å². The predicted octanol–water partition coefficient (Wildman–Crippen LogP) is 3.17. The number of hydrogen-bond donors (Lipinski definition) is 2. The molecule has 1 aromatic carbocycles. The second-order valence-electron chi connectivity index (χ2n) is 7.75. The highest BCUT2D eigenvalue weighted by atomic mass is 16.3. The van der Waals surface area contributed by atoms with E-state index < -0.39 is 11.7 Å². The van der Waals surface area contributed by atoms with Gasteiger partial charge in [0.15, 0.2) is 0 Å². The zero-order valence-corrected chi connectivity index (χ0v) is 12.8. The highest BCUT2D eigenvalue weighted by Gasteiger charge is 2.65. The lowest BCUT2D eigenvalue weighted by Gasteiger charge is -2.56. The largest absolute Gasteiger partial charge is 0.390 e. The Morgan fingerprint density at radius 2 is 1.80 bits per heavy atom. The highest BCUT2D eigenvalue weighted by molar-refractivity contribution is 5.22. The van der Waals surface area contributed by atoms with Crippen LogP contribution in [-0.2, 0) is 6.42 Å². The van der Waals surface area contributed by atoms with Gasteiger partial charge in [0.2, 0.25) is 0 Å². The molecule has 2 nitrogen and oxygen atoms in total. The molecule has 20 heavy (non-hydrogen) atoms. The average molecular weight is 274 g/mol. The maximum atomic E-state index is 11.1. The molecule has 0 saturated heterocycles. The van der Waals surface area contributed by atoms with Crippen LogP contribution in [0, 0.1) is 16.7 Å². The molecule has 4 atom stereocenters. The molecular weight excluding hydrogens is 248 g/mol. The third kappa shape index (κ3) is 1.78. The second kappa shape index (κ2) is 4.32. The van der Waals surface area contributed by atoms with Gasteiger partial charge in [-0.3, -0.25) is 0 Å². The minimum atomic E-state index is -0.979. The van der Waals surface area contributed by atoms with E-state index in [0.29, 0.717) is 18.8 Å². The molecule has 1 aromatic rings. The molecule has 0 heterocycles. The van der Waals surface area contributed by atoms with Crippen molar-refractivity contribution in [2.45, 2.75) is 58.2 Å². The quantitative estimate of drug-likeness (QED) is 0.869. The summed E-state index contributed by atoms with van der Waals surface area (Å²) in [7, 11) is 0. The van der Waals surface area contributed by atoms with Crippen LogP contribution in [0.1, 0.15) is 45.6 Å². The van der Waals surface area contributed by atoms with Crippen molar-refractivity contribution >= 4 is 0 Å². The molecule has 3 rings (SSSR count). The highest BCUT2D eigenvalue weighted by Crippen LogP contribution is 2.65. The molecule has 0 radical (unpaired) electrons. The van der Waals surface area contributed by atoms with Gasteiger partial charge >= 0.3 is 0 Å². The van der Waals surface area contributed by atoms with E-state index >= 15 is 0 Å². The Morgan fingerprint density at radius 1 is 1.15 bits per heavy atom. The van der Waals surface area contributed by atoms with Gasteiger partial charge in [0.1, 0.15) is 0 Å². The summed E-state index contributed by atoms with van der Waals surface area (Å²) in [5, 5.41) is 22.0. The van der Waals surface area contributed by atoms with E-state index in [1.807, 2.05) is 30.3 Å². The van der Waals surface area contributed by atoms with Crippen LogP contribution in [-0.4, -0.2) is 21.9 Å². The zero-order chi connectivity index (χ0) is 14.6. The van der Waals surface area contributed by atoms with Crippen molar-refractivity contribution in [3.8, 4) is 0 Å². The molecule has 0 spiro atoms. The van der Waals surface area contributed by atoms with Crippen LogP contribution in [0.4, 0.5) is 0 Å². The number of aliphatic hydroxyl groups excluding tert-OH is 1. The molecule has 2 heteroatoms. The lowest BCUT2D eigenvalue weighted by atomic mass is 9.53. The summed E-state index contributed by atoms with van der Waals surface area (Å²) in [5.41, 5.74) is 0.0541. The fourth-order valence-electron chi connectivity index (χ4n) is 4.72. The van der Waals surface area contributed by atoms with Crippen molar-refractivity contribution in [3.05, 3.63) is 35.9 Å². The smallest absolute Gasteiger partial charge is 0.0953 e. The van der Waals surface area contributed by atoms with E-state index in [2.05, 4.69) is 20.8 Å². The van der Waals surface area contributed by atoms with E-state index in [1.54, 1.807) is 0 Å². The zero-order valence-electron chi connectivity index (χ0n) is 12.8. The summed E-state index contributed by atoms with van der Waals surface area (Å²) in [6.07, 6.45) is 2.76. The first-order chi connectivity index (χ1) is 9.30. The summed E-state index contributed by atoms with van der Waals surface area (Å²) in [4.78, 5) is 0. The van der Waals surface area contributed by atoms with E-state index in [-0.39, 0.29) is 10.8 Å². The van der Waals surface area contributed by atoms with Gasteiger partial charge in [-0.15, -0.1) is 0 Å². The van der Waals surface area contributed by atoms with Gasteiger partial charge in [-0.1, -0.05) is 51.1 Å². The number of fused-ring (bicyclic) bond motifs is 2. The monoisotopic (exact) mass is 274 g/mol. The molecule has 2 N–H and O–H groups in total. The molecule has 2 bridgehead atoms. The number of benzene rings is 1. The lowest BCUT2D eigenvalue weighted by molar-refractivity contribution is -0.199. The van der Waals surface area contributed by atoms with E-state index in [4.69, 9.17) is 0 Å². The maximum Gasteiger partial charge on any atom is 0.0953 e. The van der Waals surface area contributed by atoms with Crippen molar-refractivity contribution < 1.29 is 10.2 Å². The normalized spacial score (nSPS) is 42.6. The molecule has 2 fully saturated rings. The van der Waals surface area contributed by atoms with Gasteiger partial charge in [-0.25, -0.2) is 0 Å². The minimum Gasteiger partial charge on any atom is -0.390 e. The van der Waals surface area contributed by atoms with Crippen LogP contribution < -0.4 is 0 Å². The van der Waals surface area contributed by atoms with Crippen LogP contribution in [0.2, 0.25) is 0 Å². The Kier molecular flexibility index (Phi) is 3.04. The van der Waals surface area contributed by atoms with Crippen molar-refractivity contribution in [2.24, 2.45) is 16.7 Å². The third-order valence-electron chi connectivity index (χ3n) is 6.57. The molecule has 2 aliphatic rings. The minimum absolute atomic E-state index is 0.106. The first-order valence-corrected chi connectivity index (χ1v) is 7.74. The summed E-state index contributed by atoms with van der Waals surface area (Å²) in [6.45, 7) is 6.68. The van der Waals surface area contributed by atoms with Crippen molar-refractivity contribution in [3.63, 3.8) is 0 Å². The number of rotatable bonds is 2. The van der Waals surface area contributed by atoms with Crippen LogP contribution in [0.25, 0.3) is 0 Å². The maximum absolute atomic E-state index is 11.1. The summed E-state index contributed by atoms with van der Waals surface area (Å²) in [5.74, 6) is 0.504. The Hall–Kier alpha value is -0.860. The van der Waals surface area contributed by atoms with Gasteiger partial charge in [0.05, 0.1) is 11.7 Å². The summed E-state index contributed by atoms with van der Waals surface area (Å²) < 4.78 is 0. The molecule has 0 aliphatic heterocycles. The Morgan fingerprint density at radius 3 is 2.45 bits per heavy atom. The van der Waals surface area contributed by atoms with Crippen LogP contribution >= 0.6 is 0 Å². The van der Waals surface area contributed by atoms with Crippen LogP contribution in [0.15, 0.2) is 30.3 Å². The van der Waals surface area contributed by atoms with Crippen molar-refractivity contribution in [2.75, 3.05) is 0 Å². The predicted molar refractivity (Wildman–Crippen MR) is 80.3 cm³/mol. The fraction of sp³-hybridized carbons (Fsp3) is 0.667. The summed E-state index contributed by atoms with van der Waals surface area (Å²) >= 11 is 0. The number of aliphatic hydroxyl groups is 2. The molecule has 0 amide bonds. The average Bonchev–Trinajstić information content (AvgIpc) is 2.56. The topological polar surface area (TPSA) is 40.5 Å². The van der Waals surface area contributed by atoms with E-state index in [9.17, 15) is 10.2 Å². The molecule has 0 unspecified atom stereocenters.